The second-order valence-electron chi connectivity index (χ2n) is 6.22. The van der Waals surface area contributed by atoms with E-state index in [1.807, 2.05) is 43.3 Å². The van der Waals surface area contributed by atoms with Gasteiger partial charge in [0.05, 0.1) is 6.61 Å². The number of hydrogen-bond acceptors (Lipinski definition) is 6. The van der Waals surface area contributed by atoms with Gasteiger partial charge in [0.1, 0.15) is 17.1 Å². The molecule has 4 aromatic rings. The van der Waals surface area contributed by atoms with Crippen molar-refractivity contribution >= 4 is 22.2 Å². The molecule has 8 heteroatoms. The summed E-state index contributed by atoms with van der Waals surface area (Å²) in [6, 6.07) is 15.2. The molecule has 7 nitrogen and oxygen atoms in total. The summed E-state index contributed by atoms with van der Waals surface area (Å²) in [4.78, 5) is 13.2. The van der Waals surface area contributed by atoms with E-state index in [2.05, 4.69) is 20.6 Å². The number of aromatic nitrogens is 4. The number of fused-ring (bicyclic) bond motifs is 1. The number of amides is 1. The van der Waals surface area contributed by atoms with Crippen LogP contribution >= 0.6 is 11.3 Å². The Bertz CT molecular complexity index is 1060. The minimum Gasteiger partial charge on any atom is -0.494 e. The molecule has 142 valence electrons. The molecule has 0 aliphatic rings. The first kappa shape index (κ1) is 18.1. The molecule has 1 amide bonds. The smallest absolute Gasteiger partial charge is 0.251 e. The zero-order valence-corrected chi connectivity index (χ0v) is 16.1. The van der Waals surface area contributed by atoms with Crippen LogP contribution in [0.15, 0.2) is 54.9 Å². The highest BCUT2D eigenvalue weighted by Gasteiger charge is 2.09. The summed E-state index contributed by atoms with van der Waals surface area (Å²) in [6.07, 6.45) is 2.51. The molecule has 0 unspecified atom stereocenters. The van der Waals surface area contributed by atoms with Crippen molar-refractivity contribution in [2.75, 3.05) is 6.61 Å². The second kappa shape index (κ2) is 8.18. The van der Waals surface area contributed by atoms with Gasteiger partial charge in [-0.3, -0.25) is 4.79 Å². The minimum absolute atomic E-state index is 0.125. The van der Waals surface area contributed by atoms with E-state index in [1.54, 1.807) is 23.0 Å². The van der Waals surface area contributed by atoms with Crippen LogP contribution in [0, 0.1) is 0 Å². The Kier molecular flexibility index (Phi) is 5.29. The largest absolute Gasteiger partial charge is 0.494 e. The van der Waals surface area contributed by atoms with Crippen molar-refractivity contribution < 1.29 is 9.53 Å². The van der Waals surface area contributed by atoms with Crippen LogP contribution in [0.5, 0.6) is 5.75 Å². The van der Waals surface area contributed by atoms with Crippen LogP contribution in [-0.2, 0) is 6.54 Å². The van der Waals surface area contributed by atoms with Gasteiger partial charge in [-0.05, 0) is 30.2 Å². The van der Waals surface area contributed by atoms with Crippen LogP contribution in [0.4, 0.5) is 0 Å². The number of carbonyl (C=O) groups excluding carboxylic acids is 1. The first-order valence-corrected chi connectivity index (χ1v) is 9.82. The van der Waals surface area contributed by atoms with Crippen molar-refractivity contribution in [3.63, 3.8) is 0 Å². The van der Waals surface area contributed by atoms with E-state index in [9.17, 15) is 4.79 Å². The predicted octanol–water partition coefficient (Wildman–Crippen LogP) is 3.57. The number of nitrogens with zero attached hydrogens (tertiary/aromatic N) is 4. The summed E-state index contributed by atoms with van der Waals surface area (Å²) in [5.74, 6) is 0.587. The molecule has 0 radical (unpaired) electrons. The summed E-state index contributed by atoms with van der Waals surface area (Å²) in [5, 5.41) is 16.1. The van der Waals surface area contributed by atoms with Crippen molar-refractivity contribution in [1.82, 2.24) is 25.1 Å². The fraction of sp³-hybridized carbons (Fsp3) is 0.200. The molecule has 0 aliphatic heterocycles. The van der Waals surface area contributed by atoms with Crippen LogP contribution in [0.2, 0.25) is 0 Å². The highest BCUT2D eigenvalue weighted by atomic mass is 32.1. The standard InChI is InChI=1S/C20H19N5O2S/c1-2-10-27-17-5-3-4-16(11-17)18(26)21-12-14-6-8-15(9-7-14)19-24-25-13-22-23-20(25)28-19/h3-9,11,13H,2,10,12H2,1H3,(H,21,26). The van der Waals surface area contributed by atoms with Crippen LogP contribution < -0.4 is 10.1 Å². The Morgan fingerprint density at radius 2 is 2.07 bits per heavy atom. The summed E-state index contributed by atoms with van der Waals surface area (Å²) >= 11 is 1.48. The lowest BCUT2D eigenvalue weighted by Crippen LogP contribution is -2.22. The minimum atomic E-state index is -0.125. The average Bonchev–Trinajstić information content (AvgIpc) is 3.33. The number of ether oxygens (including phenoxy) is 1. The van der Waals surface area contributed by atoms with Gasteiger partial charge in [0.15, 0.2) is 0 Å². The van der Waals surface area contributed by atoms with Crippen molar-refractivity contribution in [3.8, 4) is 16.3 Å². The molecule has 0 aliphatic carbocycles. The molecular weight excluding hydrogens is 374 g/mol. The number of carbonyl (C=O) groups is 1. The summed E-state index contributed by atoms with van der Waals surface area (Å²) in [6.45, 7) is 3.13. The molecule has 1 N–H and O–H groups in total. The lowest BCUT2D eigenvalue weighted by atomic mass is 10.1. The number of hydrogen-bond donors (Lipinski definition) is 1. The molecule has 0 saturated carbocycles. The van der Waals surface area contributed by atoms with E-state index in [-0.39, 0.29) is 5.91 Å². The van der Waals surface area contributed by atoms with Gasteiger partial charge in [-0.2, -0.15) is 9.61 Å². The van der Waals surface area contributed by atoms with E-state index < -0.39 is 0 Å². The number of benzene rings is 2. The quantitative estimate of drug-likeness (QED) is 0.519. The molecule has 0 saturated heterocycles. The molecule has 4 rings (SSSR count). The van der Waals surface area contributed by atoms with Gasteiger partial charge in [-0.15, -0.1) is 10.2 Å². The van der Waals surface area contributed by atoms with E-state index in [0.29, 0.717) is 24.5 Å². The first-order valence-electron chi connectivity index (χ1n) is 9.00. The third-order valence-electron chi connectivity index (χ3n) is 4.11. The molecule has 28 heavy (non-hydrogen) atoms. The fourth-order valence-corrected chi connectivity index (χ4v) is 3.50. The number of nitrogens with one attached hydrogen (secondary N) is 1. The molecule has 2 heterocycles. The molecule has 0 atom stereocenters. The van der Waals surface area contributed by atoms with Crippen molar-refractivity contribution in [3.05, 3.63) is 66.0 Å². The highest BCUT2D eigenvalue weighted by molar-refractivity contribution is 7.19. The third-order valence-corrected chi connectivity index (χ3v) is 5.07. The maximum absolute atomic E-state index is 12.4. The van der Waals surface area contributed by atoms with Crippen LogP contribution in [-0.4, -0.2) is 32.3 Å². The van der Waals surface area contributed by atoms with Crippen molar-refractivity contribution in [2.24, 2.45) is 0 Å². The fourth-order valence-electron chi connectivity index (χ4n) is 2.67. The Labute approximate surface area is 166 Å². The van der Waals surface area contributed by atoms with E-state index in [4.69, 9.17) is 4.74 Å². The molecule has 0 fully saturated rings. The van der Waals surface area contributed by atoms with Crippen molar-refractivity contribution in [1.29, 1.82) is 0 Å². The van der Waals surface area contributed by atoms with Crippen LogP contribution in [0.3, 0.4) is 0 Å². The molecule has 0 bridgehead atoms. The van der Waals surface area contributed by atoms with Crippen molar-refractivity contribution in [2.45, 2.75) is 19.9 Å². The monoisotopic (exact) mass is 393 g/mol. The average molecular weight is 393 g/mol. The van der Waals surface area contributed by atoms with Gasteiger partial charge < -0.3 is 10.1 Å². The third kappa shape index (κ3) is 4.01. The zero-order chi connectivity index (χ0) is 19.3. The zero-order valence-electron chi connectivity index (χ0n) is 15.3. The topological polar surface area (TPSA) is 81.4 Å². The lowest BCUT2D eigenvalue weighted by Gasteiger charge is -2.08. The molecule has 2 aromatic carbocycles. The molecule has 0 spiro atoms. The normalized spacial score (nSPS) is 10.9. The maximum atomic E-state index is 12.4. The lowest BCUT2D eigenvalue weighted by molar-refractivity contribution is 0.0950. The van der Waals surface area contributed by atoms with Gasteiger partial charge >= 0.3 is 0 Å². The van der Waals surface area contributed by atoms with Crippen LogP contribution in [0.1, 0.15) is 29.3 Å². The summed E-state index contributed by atoms with van der Waals surface area (Å²) < 4.78 is 7.24. The second-order valence-corrected chi connectivity index (χ2v) is 7.18. The summed E-state index contributed by atoms with van der Waals surface area (Å²) in [7, 11) is 0. The SMILES string of the molecule is CCCOc1cccc(C(=O)NCc2ccc(-c3nn4cnnc4s3)cc2)c1. The van der Waals surface area contributed by atoms with E-state index >= 15 is 0 Å². The Hall–Kier alpha value is -3.26. The van der Waals surface area contributed by atoms with Gasteiger partial charge in [-0.1, -0.05) is 48.6 Å². The van der Waals surface area contributed by atoms with Gasteiger partial charge in [0, 0.05) is 17.7 Å². The summed E-state index contributed by atoms with van der Waals surface area (Å²) in [5.41, 5.74) is 2.61. The maximum Gasteiger partial charge on any atom is 0.251 e. The van der Waals surface area contributed by atoms with E-state index in [0.717, 1.165) is 27.5 Å². The Balaban J connectivity index is 1.38. The number of rotatable bonds is 7. The predicted molar refractivity (Wildman–Crippen MR) is 107 cm³/mol. The molecule has 2 aromatic heterocycles. The molecular formula is C20H19N5O2S. The van der Waals surface area contributed by atoms with Gasteiger partial charge in [-0.25, -0.2) is 0 Å². The Morgan fingerprint density at radius 1 is 1.21 bits per heavy atom. The Morgan fingerprint density at radius 3 is 2.86 bits per heavy atom. The van der Waals surface area contributed by atoms with E-state index in [1.165, 1.54) is 11.3 Å². The van der Waals surface area contributed by atoms with Gasteiger partial charge in [0.2, 0.25) is 4.96 Å². The highest BCUT2D eigenvalue weighted by Crippen LogP contribution is 2.24. The first-order chi connectivity index (χ1) is 13.7. The van der Waals surface area contributed by atoms with Crippen LogP contribution in [0.25, 0.3) is 15.5 Å². The van der Waals surface area contributed by atoms with Gasteiger partial charge in [0.25, 0.3) is 5.91 Å².